The number of hydrogen-bond acceptors (Lipinski definition) is 4. The van der Waals surface area contributed by atoms with Gasteiger partial charge in [0.15, 0.2) is 0 Å². The third-order valence-electron chi connectivity index (χ3n) is 3.03. The summed E-state index contributed by atoms with van der Waals surface area (Å²) in [6.07, 6.45) is 1.11. The summed E-state index contributed by atoms with van der Waals surface area (Å²) >= 11 is 1.82. The molecule has 0 bridgehead atoms. The predicted molar refractivity (Wildman–Crippen MR) is 75.7 cm³/mol. The SMILES string of the molecule is Cc1oc(CN)cc1CN(C)CCc1cccs1. The minimum atomic E-state index is 0.472. The topological polar surface area (TPSA) is 42.4 Å². The number of likely N-dealkylation sites (N-methyl/N-ethyl adjacent to an activating group) is 1. The zero-order chi connectivity index (χ0) is 13.0. The van der Waals surface area contributed by atoms with Gasteiger partial charge < -0.3 is 15.1 Å². The molecule has 3 nitrogen and oxygen atoms in total. The van der Waals surface area contributed by atoms with Gasteiger partial charge in [-0.05, 0) is 37.9 Å². The first kappa shape index (κ1) is 13.3. The van der Waals surface area contributed by atoms with Gasteiger partial charge in [0, 0.05) is 23.5 Å². The highest BCUT2D eigenvalue weighted by atomic mass is 32.1. The lowest BCUT2D eigenvalue weighted by molar-refractivity contribution is 0.329. The van der Waals surface area contributed by atoms with Crippen LogP contribution in [0, 0.1) is 6.92 Å². The van der Waals surface area contributed by atoms with Crippen LogP contribution in [0.3, 0.4) is 0 Å². The van der Waals surface area contributed by atoms with Gasteiger partial charge in [-0.2, -0.15) is 0 Å². The van der Waals surface area contributed by atoms with Crippen molar-refractivity contribution >= 4 is 11.3 Å². The Bertz CT molecular complexity index is 476. The van der Waals surface area contributed by atoms with E-state index in [1.54, 1.807) is 0 Å². The molecule has 98 valence electrons. The molecule has 0 aliphatic rings. The highest BCUT2D eigenvalue weighted by Gasteiger charge is 2.09. The lowest BCUT2D eigenvalue weighted by Crippen LogP contribution is -2.20. The first-order valence-corrected chi connectivity index (χ1v) is 7.06. The summed E-state index contributed by atoms with van der Waals surface area (Å²) in [4.78, 5) is 3.76. The molecule has 2 aromatic heterocycles. The van der Waals surface area contributed by atoms with Crippen LogP contribution in [0.25, 0.3) is 0 Å². The fraction of sp³-hybridized carbons (Fsp3) is 0.429. The van der Waals surface area contributed by atoms with Crippen LogP contribution in [0.15, 0.2) is 28.0 Å². The first-order chi connectivity index (χ1) is 8.69. The summed E-state index contributed by atoms with van der Waals surface area (Å²) in [5.74, 6) is 1.85. The zero-order valence-electron chi connectivity index (χ0n) is 11.0. The zero-order valence-corrected chi connectivity index (χ0v) is 11.8. The van der Waals surface area contributed by atoms with Gasteiger partial charge in [-0.3, -0.25) is 0 Å². The molecule has 0 saturated carbocycles. The van der Waals surface area contributed by atoms with Crippen molar-refractivity contribution in [1.29, 1.82) is 0 Å². The number of hydrogen-bond donors (Lipinski definition) is 1. The normalized spacial score (nSPS) is 11.3. The summed E-state index contributed by atoms with van der Waals surface area (Å²) in [6, 6.07) is 6.36. The fourth-order valence-electron chi connectivity index (χ4n) is 1.97. The molecule has 4 heteroatoms. The maximum absolute atomic E-state index is 5.58. The maximum Gasteiger partial charge on any atom is 0.118 e. The quantitative estimate of drug-likeness (QED) is 0.872. The molecule has 2 N–H and O–H groups in total. The second-order valence-corrected chi connectivity index (χ2v) is 5.60. The van der Waals surface area contributed by atoms with E-state index in [9.17, 15) is 0 Å². The number of thiophene rings is 1. The standard InChI is InChI=1S/C14H20N2OS/c1-11-12(8-13(9-15)17-11)10-16(2)6-5-14-4-3-7-18-14/h3-4,7-8H,5-6,9-10,15H2,1-2H3. The van der Waals surface area contributed by atoms with Crippen molar-refractivity contribution in [1.82, 2.24) is 4.90 Å². The fourth-order valence-corrected chi connectivity index (χ4v) is 2.67. The van der Waals surface area contributed by atoms with Gasteiger partial charge in [-0.1, -0.05) is 6.07 Å². The van der Waals surface area contributed by atoms with Crippen LogP contribution in [0.5, 0.6) is 0 Å². The van der Waals surface area contributed by atoms with Crippen LogP contribution >= 0.6 is 11.3 Å². The molecule has 2 heterocycles. The van der Waals surface area contributed by atoms with Crippen molar-refractivity contribution in [2.45, 2.75) is 26.4 Å². The van der Waals surface area contributed by atoms with Crippen molar-refractivity contribution in [3.8, 4) is 0 Å². The second kappa shape index (κ2) is 6.18. The molecule has 0 unspecified atom stereocenters. The van der Waals surface area contributed by atoms with Crippen LogP contribution < -0.4 is 5.73 Å². The van der Waals surface area contributed by atoms with Gasteiger partial charge in [0.25, 0.3) is 0 Å². The van der Waals surface area contributed by atoms with Gasteiger partial charge in [0.1, 0.15) is 11.5 Å². The highest BCUT2D eigenvalue weighted by Crippen LogP contribution is 2.16. The molecule has 0 aliphatic heterocycles. The van der Waals surface area contributed by atoms with Crippen molar-refractivity contribution < 1.29 is 4.42 Å². The van der Waals surface area contributed by atoms with E-state index in [1.165, 1.54) is 10.4 Å². The number of furan rings is 1. The lowest BCUT2D eigenvalue weighted by Gasteiger charge is -2.15. The monoisotopic (exact) mass is 264 g/mol. The predicted octanol–water partition coefficient (Wildman–Crippen LogP) is 2.78. The molecule has 0 spiro atoms. The molecule has 0 atom stereocenters. The van der Waals surface area contributed by atoms with Crippen molar-refractivity contribution in [3.05, 3.63) is 45.5 Å². The van der Waals surface area contributed by atoms with Crippen molar-refractivity contribution in [2.75, 3.05) is 13.6 Å². The van der Waals surface area contributed by atoms with E-state index in [-0.39, 0.29) is 0 Å². The maximum atomic E-state index is 5.58. The number of nitrogens with zero attached hydrogens (tertiary/aromatic N) is 1. The first-order valence-electron chi connectivity index (χ1n) is 6.18. The van der Waals surface area contributed by atoms with Gasteiger partial charge >= 0.3 is 0 Å². The molecule has 0 amide bonds. The van der Waals surface area contributed by atoms with Crippen LogP contribution in [-0.4, -0.2) is 18.5 Å². The smallest absolute Gasteiger partial charge is 0.118 e. The molecule has 0 aliphatic carbocycles. The van der Waals surface area contributed by atoms with E-state index in [0.29, 0.717) is 6.54 Å². The lowest BCUT2D eigenvalue weighted by atomic mass is 10.2. The van der Waals surface area contributed by atoms with Gasteiger partial charge in [0.05, 0.1) is 6.54 Å². The van der Waals surface area contributed by atoms with E-state index in [1.807, 2.05) is 18.3 Å². The minimum absolute atomic E-state index is 0.472. The second-order valence-electron chi connectivity index (χ2n) is 4.57. The molecule has 0 fully saturated rings. The summed E-state index contributed by atoms with van der Waals surface area (Å²) in [6.45, 7) is 4.45. The van der Waals surface area contributed by atoms with E-state index in [2.05, 4.69) is 35.5 Å². The summed E-state index contributed by atoms with van der Waals surface area (Å²) in [5.41, 5.74) is 6.82. The Hall–Kier alpha value is -1.10. The molecule has 2 rings (SSSR count). The van der Waals surface area contributed by atoms with Crippen LogP contribution in [0.1, 0.15) is 22.0 Å². The van der Waals surface area contributed by atoms with E-state index >= 15 is 0 Å². The number of nitrogens with two attached hydrogens (primary N) is 1. The van der Waals surface area contributed by atoms with E-state index < -0.39 is 0 Å². The molecule has 2 aromatic rings. The molecule has 0 saturated heterocycles. The highest BCUT2D eigenvalue weighted by molar-refractivity contribution is 7.09. The van der Waals surface area contributed by atoms with Crippen molar-refractivity contribution in [2.24, 2.45) is 5.73 Å². The minimum Gasteiger partial charge on any atom is -0.465 e. The van der Waals surface area contributed by atoms with Crippen LogP contribution in [0.2, 0.25) is 0 Å². The summed E-state index contributed by atoms with van der Waals surface area (Å²) in [5, 5.41) is 2.13. The van der Waals surface area contributed by atoms with E-state index in [4.69, 9.17) is 10.2 Å². The molecule has 18 heavy (non-hydrogen) atoms. The largest absolute Gasteiger partial charge is 0.465 e. The molecule has 0 aromatic carbocycles. The summed E-state index contributed by atoms with van der Waals surface area (Å²) < 4.78 is 5.57. The molecule has 0 radical (unpaired) electrons. The Morgan fingerprint density at radius 2 is 2.28 bits per heavy atom. The Morgan fingerprint density at radius 3 is 2.89 bits per heavy atom. The average molecular weight is 264 g/mol. The third kappa shape index (κ3) is 3.45. The molecular weight excluding hydrogens is 244 g/mol. The Balaban J connectivity index is 1.86. The van der Waals surface area contributed by atoms with E-state index in [0.717, 1.165) is 31.0 Å². The van der Waals surface area contributed by atoms with Crippen LogP contribution in [0.4, 0.5) is 0 Å². The molecular formula is C14H20N2OS. The third-order valence-corrected chi connectivity index (χ3v) is 3.97. The Kier molecular flexibility index (Phi) is 4.58. The van der Waals surface area contributed by atoms with Gasteiger partial charge in [0.2, 0.25) is 0 Å². The van der Waals surface area contributed by atoms with Gasteiger partial charge in [-0.25, -0.2) is 0 Å². The van der Waals surface area contributed by atoms with Crippen LogP contribution in [-0.2, 0) is 19.5 Å². The van der Waals surface area contributed by atoms with Crippen molar-refractivity contribution in [3.63, 3.8) is 0 Å². The Labute approximate surface area is 112 Å². The Morgan fingerprint density at radius 1 is 1.44 bits per heavy atom. The average Bonchev–Trinajstić information content (AvgIpc) is 2.97. The number of aryl methyl sites for hydroxylation is 1. The van der Waals surface area contributed by atoms with Gasteiger partial charge in [-0.15, -0.1) is 11.3 Å². The summed E-state index contributed by atoms with van der Waals surface area (Å²) in [7, 11) is 2.14. The number of rotatable bonds is 6.